The molecule has 8 nitrogen and oxygen atoms in total. The number of Topliss-reactive ketones (excluding diaryl/α,β-unsaturated/α-hetero) is 2. The zero-order valence-electron chi connectivity index (χ0n) is 19.8. The molecule has 6 rings (SSSR count). The number of anilines is 1. The Kier molecular flexibility index (Phi) is 5.22. The number of benzene rings is 3. The van der Waals surface area contributed by atoms with Gasteiger partial charge in [0.15, 0.2) is 11.5 Å². The van der Waals surface area contributed by atoms with Crippen molar-refractivity contribution in [2.75, 3.05) is 19.1 Å². The predicted molar refractivity (Wildman–Crippen MR) is 132 cm³/mol. The Bertz CT molecular complexity index is 1460. The van der Waals surface area contributed by atoms with Gasteiger partial charge in [0.25, 0.3) is 0 Å². The monoisotopic (exact) mass is 517 g/mol. The average molecular weight is 518 g/mol. The van der Waals surface area contributed by atoms with Crippen molar-refractivity contribution in [2.24, 2.45) is 11.8 Å². The molecular formula is C28H20ClNO7. The van der Waals surface area contributed by atoms with Crippen LogP contribution in [0.3, 0.4) is 0 Å². The molecule has 2 fully saturated rings. The maximum Gasteiger partial charge on any atom is 0.241 e. The maximum absolute atomic E-state index is 13.9. The molecule has 3 aromatic carbocycles. The molecule has 2 aliphatic heterocycles. The largest absolute Gasteiger partial charge is 0.493 e. The number of hydrogen-bond donors (Lipinski definition) is 0. The smallest absolute Gasteiger partial charge is 0.241 e. The molecule has 0 bridgehead atoms. The molecular weight excluding hydrogens is 498 g/mol. The number of carbonyl (C=O) groups excluding carboxylic acids is 4. The Morgan fingerprint density at radius 2 is 1.43 bits per heavy atom. The number of halogens is 1. The molecule has 3 atom stereocenters. The fraction of sp³-hybridized carbons (Fsp3) is 0.214. The zero-order valence-corrected chi connectivity index (χ0v) is 20.5. The SMILES string of the molecule is COc1ccc([C@@H]2OC3(C(=O)c4ccccc4C3=O)[C@@H]3C(=O)N(c4ccc(Cl)cc4)C(=O)[C@H]32)cc1OC. The van der Waals surface area contributed by atoms with Crippen molar-refractivity contribution in [3.05, 3.63) is 88.4 Å². The first kappa shape index (κ1) is 23.4. The van der Waals surface area contributed by atoms with Crippen molar-refractivity contribution in [3.8, 4) is 11.5 Å². The third-order valence-corrected chi connectivity index (χ3v) is 7.59. The number of rotatable bonds is 4. The molecule has 2 saturated heterocycles. The van der Waals surface area contributed by atoms with Crippen molar-refractivity contribution >= 4 is 40.7 Å². The Balaban J connectivity index is 1.54. The summed E-state index contributed by atoms with van der Waals surface area (Å²) >= 11 is 6.01. The number of hydrogen-bond acceptors (Lipinski definition) is 7. The first-order valence-corrected chi connectivity index (χ1v) is 11.9. The van der Waals surface area contributed by atoms with Crippen LogP contribution in [0.25, 0.3) is 0 Å². The Hall–Kier alpha value is -4.01. The van der Waals surface area contributed by atoms with E-state index < -0.39 is 46.9 Å². The van der Waals surface area contributed by atoms with E-state index in [-0.39, 0.29) is 11.1 Å². The second-order valence-corrected chi connectivity index (χ2v) is 9.52. The van der Waals surface area contributed by atoms with Crippen LogP contribution in [0.2, 0.25) is 5.02 Å². The molecule has 3 aromatic rings. The highest BCUT2D eigenvalue weighted by molar-refractivity contribution is 6.37. The van der Waals surface area contributed by atoms with E-state index in [0.717, 1.165) is 4.90 Å². The summed E-state index contributed by atoms with van der Waals surface area (Å²) in [6.45, 7) is 0. The maximum atomic E-state index is 13.9. The number of fused-ring (bicyclic) bond motifs is 3. The summed E-state index contributed by atoms with van der Waals surface area (Å²) in [5.41, 5.74) is -1.04. The summed E-state index contributed by atoms with van der Waals surface area (Å²) in [5.74, 6) is -4.12. The van der Waals surface area contributed by atoms with Crippen LogP contribution in [0.4, 0.5) is 5.69 Å². The summed E-state index contributed by atoms with van der Waals surface area (Å²) in [4.78, 5) is 56.5. The fourth-order valence-electron chi connectivity index (χ4n) is 5.69. The van der Waals surface area contributed by atoms with Gasteiger partial charge in [0.05, 0.1) is 37.8 Å². The Labute approximate surface area is 216 Å². The third-order valence-electron chi connectivity index (χ3n) is 7.34. The van der Waals surface area contributed by atoms with Crippen molar-refractivity contribution < 1.29 is 33.4 Å². The molecule has 0 radical (unpaired) electrons. The van der Waals surface area contributed by atoms with Crippen molar-refractivity contribution in [2.45, 2.75) is 11.7 Å². The van der Waals surface area contributed by atoms with Crippen molar-refractivity contribution in [1.82, 2.24) is 0 Å². The summed E-state index contributed by atoms with van der Waals surface area (Å²) < 4.78 is 17.0. The van der Waals surface area contributed by atoms with Crippen LogP contribution in [0.1, 0.15) is 32.4 Å². The lowest BCUT2D eigenvalue weighted by Crippen LogP contribution is -2.51. The Morgan fingerprint density at radius 3 is 2.03 bits per heavy atom. The van der Waals surface area contributed by atoms with Crippen LogP contribution in [0, 0.1) is 11.8 Å². The van der Waals surface area contributed by atoms with E-state index in [4.69, 9.17) is 25.8 Å². The summed E-state index contributed by atoms with van der Waals surface area (Å²) in [6, 6.07) is 17.5. The molecule has 2 amide bonds. The molecule has 37 heavy (non-hydrogen) atoms. The van der Waals surface area contributed by atoms with Crippen LogP contribution in [-0.4, -0.2) is 43.2 Å². The molecule has 0 N–H and O–H groups in total. The Morgan fingerprint density at radius 1 is 0.811 bits per heavy atom. The van der Waals surface area contributed by atoms with Gasteiger partial charge >= 0.3 is 0 Å². The first-order chi connectivity index (χ1) is 17.8. The molecule has 0 aromatic heterocycles. The number of methoxy groups -OCH3 is 2. The minimum absolute atomic E-state index is 0.171. The molecule has 1 aliphatic carbocycles. The van der Waals surface area contributed by atoms with E-state index in [1.54, 1.807) is 54.6 Å². The molecule has 186 valence electrons. The van der Waals surface area contributed by atoms with Gasteiger partial charge in [-0.3, -0.25) is 19.2 Å². The number of amides is 2. The quantitative estimate of drug-likeness (QED) is 0.380. The van der Waals surface area contributed by atoms with E-state index in [2.05, 4.69) is 0 Å². The number of carbonyl (C=O) groups is 4. The number of nitrogens with zero attached hydrogens (tertiary/aromatic N) is 1. The van der Waals surface area contributed by atoms with Gasteiger partial charge in [-0.15, -0.1) is 0 Å². The normalized spacial score (nSPS) is 23.5. The highest BCUT2D eigenvalue weighted by Gasteiger charge is 2.74. The van der Waals surface area contributed by atoms with E-state index >= 15 is 0 Å². The van der Waals surface area contributed by atoms with Gasteiger partial charge in [-0.1, -0.05) is 41.9 Å². The van der Waals surface area contributed by atoms with Crippen LogP contribution in [0.15, 0.2) is 66.7 Å². The second kappa shape index (κ2) is 8.26. The first-order valence-electron chi connectivity index (χ1n) is 11.5. The highest BCUT2D eigenvalue weighted by Crippen LogP contribution is 2.58. The summed E-state index contributed by atoms with van der Waals surface area (Å²) in [5, 5.41) is 0.433. The zero-order chi connectivity index (χ0) is 26.1. The van der Waals surface area contributed by atoms with E-state index in [1.165, 1.54) is 26.4 Å². The highest BCUT2D eigenvalue weighted by atomic mass is 35.5. The summed E-state index contributed by atoms with van der Waals surface area (Å²) in [7, 11) is 2.96. The van der Waals surface area contributed by atoms with Crippen LogP contribution >= 0.6 is 11.6 Å². The predicted octanol–water partition coefficient (Wildman–Crippen LogP) is 4.05. The molecule has 3 aliphatic rings. The molecule has 9 heteroatoms. The molecule has 0 unspecified atom stereocenters. The lowest BCUT2D eigenvalue weighted by Gasteiger charge is -2.27. The van der Waals surface area contributed by atoms with Crippen LogP contribution < -0.4 is 14.4 Å². The minimum atomic E-state index is -2.15. The summed E-state index contributed by atoms with van der Waals surface area (Å²) in [6.07, 6.45) is -1.07. The van der Waals surface area contributed by atoms with E-state index in [9.17, 15) is 19.2 Å². The van der Waals surface area contributed by atoms with Crippen molar-refractivity contribution in [1.29, 1.82) is 0 Å². The van der Waals surface area contributed by atoms with Gasteiger partial charge in [-0.2, -0.15) is 0 Å². The topological polar surface area (TPSA) is 99.2 Å². The third kappa shape index (κ3) is 3.06. The van der Waals surface area contributed by atoms with Crippen LogP contribution in [0.5, 0.6) is 11.5 Å². The second-order valence-electron chi connectivity index (χ2n) is 9.08. The lowest BCUT2D eigenvalue weighted by molar-refractivity contribution is -0.127. The van der Waals surface area contributed by atoms with E-state index in [1.807, 2.05) is 0 Å². The van der Waals surface area contributed by atoms with E-state index in [0.29, 0.717) is 27.8 Å². The van der Waals surface area contributed by atoms with Crippen LogP contribution in [-0.2, 0) is 14.3 Å². The average Bonchev–Trinajstić information content (AvgIpc) is 3.49. The standard InChI is InChI=1S/C28H20ClNO7/c1-35-19-12-7-14(13-20(19)36-2)23-21-22(27(34)30(26(21)33)16-10-8-15(29)9-11-16)28(37-23)24(31)17-5-3-4-6-18(17)25(28)32/h3-13,21-23H,1-2H3/t21-,22+,23+/m1/s1. The number of ether oxygens (including phenoxy) is 3. The lowest BCUT2D eigenvalue weighted by atomic mass is 9.77. The molecule has 1 spiro atoms. The number of imide groups is 1. The fourth-order valence-corrected chi connectivity index (χ4v) is 5.82. The van der Waals surface area contributed by atoms with Gasteiger partial charge in [-0.25, -0.2) is 4.90 Å². The van der Waals surface area contributed by atoms with Gasteiger partial charge in [0, 0.05) is 16.1 Å². The number of ketones is 2. The minimum Gasteiger partial charge on any atom is -0.493 e. The van der Waals surface area contributed by atoms with Gasteiger partial charge in [0.2, 0.25) is 29.0 Å². The molecule has 0 saturated carbocycles. The van der Waals surface area contributed by atoms with Gasteiger partial charge in [-0.05, 0) is 42.0 Å². The van der Waals surface area contributed by atoms with Crippen molar-refractivity contribution in [3.63, 3.8) is 0 Å². The van der Waals surface area contributed by atoms with Gasteiger partial charge < -0.3 is 14.2 Å². The van der Waals surface area contributed by atoms with Gasteiger partial charge in [0.1, 0.15) is 0 Å². The molecule has 2 heterocycles.